The van der Waals surface area contributed by atoms with Gasteiger partial charge in [-0.05, 0) is 23.8 Å². The maximum atomic E-state index is 12.9. The van der Waals surface area contributed by atoms with Crippen molar-refractivity contribution in [3.8, 4) is 0 Å². The van der Waals surface area contributed by atoms with Crippen LogP contribution in [0.5, 0.6) is 0 Å². The van der Waals surface area contributed by atoms with Gasteiger partial charge < -0.3 is 14.6 Å². The zero-order valence-corrected chi connectivity index (χ0v) is 14.7. The summed E-state index contributed by atoms with van der Waals surface area (Å²) in [5, 5.41) is 0.985. The van der Waals surface area contributed by atoms with Crippen molar-refractivity contribution < 1.29 is 9.53 Å². The first-order valence-electron chi connectivity index (χ1n) is 8.40. The van der Waals surface area contributed by atoms with Gasteiger partial charge in [0.1, 0.15) is 11.7 Å². The van der Waals surface area contributed by atoms with Gasteiger partial charge in [-0.3, -0.25) is 9.59 Å². The van der Waals surface area contributed by atoms with E-state index in [0.717, 1.165) is 5.56 Å². The van der Waals surface area contributed by atoms with E-state index in [0.29, 0.717) is 35.6 Å². The average molecular weight is 369 g/mol. The van der Waals surface area contributed by atoms with E-state index in [1.54, 1.807) is 23.1 Å². The van der Waals surface area contributed by atoms with Gasteiger partial charge in [-0.25, -0.2) is 0 Å². The molecule has 6 heteroatoms. The van der Waals surface area contributed by atoms with Crippen LogP contribution in [0.2, 0.25) is 5.02 Å². The minimum absolute atomic E-state index is 0.133. The maximum Gasteiger partial charge on any atom is 0.259 e. The Labute approximate surface area is 155 Å². The van der Waals surface area contributed by atoms with Crippen molar-refractivity contribution in [2.75, 3.05) is 19.7 Å². The zero-order chi connectivity index (χ0) is 18.1. The highest BCUT2D eigenvalue weighted by molar-refractivity contribution is 6.31. The van der Waals surface area contributed by atoms with E-state index >= 15 is 0 Å². The number of rotatable bonds is 2. The summed E-state index contributed by atoms with van der Waals surface area (Å²) in [7, 11) is 0. The van der Waals surface area contributed by atoms with Crippen LogP contribution in [0.25, 0.3) is 10.9 Å². The van der Waals surface area contributed by atoms with E-state index < -0.39 is 0 Å². The molecule has 1 fully saturated rings. The minimum Gasteiger partial charge on any atom is -0.370 e. The van der Waals surface area contributed by atoms with Gasteiger partial charge in [0, 0.05) is 23.2 Å². The molecule has 1 saturated heterocycles. The molecule has 0 bridgehead atoms. The fourth-order valence-electron chi connectivity index (χ4n) is 3.23. The third-order valence-electron chi connectivity index (χ3n) is 4.60. The number of hydrogen-bond acceptors (Lipinski definition) is 3. The molecule has 1 atom stereocenters. The van der Waals surface area contributed by atoms with Crippen molar-refractivity contribution in [3.05, 3.63) is 81.1 Å². The molecular weight excluding hydrogens is 352 g/mol. The van der Waals surface area contributed by atoms with E-state index in [4.69, 9.17) is 16.3 Å². The van der Waals surface area contributed by atoms with Gasteiger partial charge >= 0.3 is 0 Å². The summed E-state index contributed by atoms with van der Waals surface area (Å²) in [6.45, 7) is 1.31. The number of carbonyl (C=O) groups excluding carboxylic acids is 1. The van der Waals surface area contributed by atoms with Gasteiger partial charge in [-0.1, -0.05) is 41.9 Å². The molecule has 2 heterocycles. The quantitative estimate of drug-likeness (QED) is 0.754. The normalized spacial score (nSPS) is 17.4. The monoisotopic (exact) mass is 368 g/mol. The Kier molecular flexibility index (Phi) is 4.49. The smallest absolute Gasteiger partial charge is 0.259 e. The van der Waals surface area contributed by atoms with Crippen molar-refractivity contribution in [3.63, 3.8) is 0 Å². The number of fused-ring (bicyclic) bond motifs is 1. The van der Waals surface area contributed by atoms with Crippen LogP contribution in [0.4, 0.5) is 0 Å². The first kappa shape index (κ1) is 16.8. The molecule has 132 valence electrons. The number of benzene rings is 2. The Bertz CT molecular complexity index is 1020. The molecule has 1 unspecified atom stereocenters. The number of hydrogen-bond donors (Lipinski definition) is 1. The second-order valence-electron chi connectivity index (χ2n) is 6.24. The second kappa shape index (κ2) is 6.94. The van der Waals surface area contributed by atoms with Crippen LogP contribution in [0.3, 0.4) is 0 Å². The van der Waals surface area contributed by atoms with E-state index in [9.17, 15) is 9.59 Å². The van der Waals surface area contributed by atoms with Gasteiger partial charge in [0.15, 0.2) is 0 Å². The maximum absolute atomic E-state index is 12.9. The fraction of sp³-hybridized carbons (Fsp3) is 0.200. The second-order valence-corrected chi connectivity index (χ2v) is 6.68. The summed E-state index contributed by atoms with van der Waals surface area (Å²) in [4.78, 5) is 30.3. The Morgan fingerprint density at radius 2 is 2.00 bits per heavy atom. The van der Waals surface area contributed by atoms with Gasteiger partial charge in [-0.2, -0.15) is 0 Å². The lowest BCUT2D eigenvalue weighted by Crippen LogP contribution is -2.43. The lowest BCUT2D eigenvalue weighted by Gasteiger charge is -2.33. The topological polar surface area (TPSA) is 62.4 Å². The first-order valence-corrected chi connectivity index (χ1v) is 8.78. The van der Waals surface area contributed by atoms with Crippen molar-refractivity contribution >= 4 is 28.4 Å². The first-order chi connectivity index (χ1) is 12.6. The predicted octanol–water partition coefficient (Wildman–Crippen LogP) is 3.40. The Morgan fingerprint density at radius 3 is 2.81 bits per heavy atom. The van der Waals surface area contributed by atoms with E-state index in [1.807, 2.05) is 30.3 Å². The van der Waals surface area contributed by atoms with Crippen molar-refractivity contribution in [1.29, 1.82) is 0 Å². The number of aromatic nitrogens is 1. The number of aromatic amines is 1. The lowest BCUT2D eigenvalue weighted by molar-refractivity contribution is -0.0228. The molecule has 2 aromatic carbocycles. The van der Waals surface area contributed by atoms with Gasteiger partial charge in [0.05, 0.1) is 18.7 Å². The number of halogens is 1. The summed E-state index contributed by atoms with van der Waals surface area (Å²) in [6.07, 6.45) is 1.28. The number of pyridine rings is 1. The third kappa shape index (κ3) is 3.11. The highest BCUT2D eigenvalue weighted by Crippen LogP contribution is 2.23. The third-order valence-corrected chi connectivity index (χ3v) is 4.83. The number of morpholine rings is 1. The molecule has 0 radical (unpaired) electrons. The largest absolute Gasteiger partial charge is 0.370 e. The van der Waals surface area contributed by atoms with Crippen LogP contribution < -0.4 is 5.43 Å². The minimum atomic E-state index is -0.289. The van der Waals surface area contributed by atoms with E-state index in [2.05, 4.69) is 4.98 Å². The molecule has 1 aliphatic heterocycles. The highest BCUT2D eigenvalue weighted by Gasteiger charge is 2.27. The van der Waals surface area contributed by atoms with Crippen LogP contribution in [0, 0.1) is 0 Å². The number of nitrogens with one attached hydrogen (secondary N) is 1. The van der Waals surface area contributed by atoms with Gasteiger partial charge in [0.2, 0.25) is 5.43 Å². The number of ether oxygens (including phenoxy) is 1. The summed E-state index contributed by atoms with van der Waals surface area (Å²) >= 11 is 5.96. The average Bonchev–Trinajstić information content (AvgIpc) is 2.68. The Hall–Kier alpha value is -2.63. The summed E-state index contributed by atoms with van der Waals surface area (Å²) < 4.78 is 5.80. The summed E-state index contributed by atoms with van der Waals surface area (Å²) in [5.41, 5.74) is 1.48. The zero-order valence-electron chi connectivity index (χ0n) is 13.9. The lowest BCUT2D eigenvalue weighted by atomic mass is 10.1. The van der Waals surface area contributed by atoms with Crippen LogP contribution >= 0.6 is 11.6 Å². The SMILES string of the molecule is O=C(c1c[nH]c2cc(Cl)ccc2c1=O)N1CCOC(c2ccccc2)C1. The molecule has 1 amide bonds. The number of amides is 1. The molecule has 5 nitrogen and oxygen atoms in total. The summed E-state index contributed by atoms with van der Waals surface area (Å²) in [6, 6.07) is 14.7. The standard InChI is InChI=1S/C20H17ClN2O3/c21-14-6-7-15-17(10-14)22-11-16(19(15)24)20(25)23-8-9-26-18(12-23)13-4-2-1-3-5-13/h1-7,10-11,18H,8-9,12H2,(H,22,24). The number of nitrogens with zero attached hydrogens (tertiary/aromatic N) is 1. The Balaban J connectivity index is 1.63. The number of carbonyl (C=O) groups is 1. The molecule has 0 saturated carbocycles. The fourth-order valence-corrected chi connectivity index (χ4v) is 3.40. The van der Waals surface area contributed by atoms with Crippen LogP contribution in [-0.2, 0) is 4.74 Å². The molecule has 4 rings (SSSR count). The molecule has 26 heavy (non-hydrogen) atoms. The van der Waals surface area contributed by atoms with E-state index in [1.165, 1.54) is 6.20 Å². The molecular formula is C20H17ClN2O3. The molecule has 1 N–H and O–H groups in total. The molecule has 1 aliphatic rings. The van der Waals surface area contributed by atoms with Crippen LogP contribution in [0.1, 0.15) is 22.0 Å². The van der Waals surface area contributed by atoms with Crippen molar-refractivity contribution in [2.24, 2.45) is 0 Å². The highest BCUT2D eigenvalue weighted by atomic mass is 35.5. The van der Waals surface area contributed by atoms with Crippen LogP contribution in [0.15, 0.2) is 59.5 Å². The molecule has 3 aromatic rings. The molecule has 0 aliphatic carbocycles. The summed E-state index contributed by atoms with van der Waals surface area (Å²) in [5.74, 6) is -0.285. The van der Waals surface area contributed by atoms with Crippen molar-refractivity contribution in [1.82, 2.24) is 9.88 Å². The molecule has 1 aromatic heterocycles. The molecule has 0 spiro atoms. The van der Waals surface area contributed by atoms with E-state index in [-0.39, 0.29) is 23.0 Å². The Morgan fingerprint density at radius 1 is 1.19 bits per heavy atom. The van der Waals surface area contributed by atoms with Gasteiger partial charge in [-0.15, -0.1) is 0 Å². The van der Waals surface area contributed by atoms with Gasteiger partial charge in [0.25, 0.3) is 5.91 Å². The predicted molar refractivity (Wildman–Crippen MR) is 101 cm³/mol. The number of H-pyrrole nitrogens is 1. The van der Waals surface area contributed by atoms with Crippen molar-refractivity contribution in [2.45, 2.75) is 6.10 Å². The van der Waals surface area contributed by atoms with Crippen LogP contribution in [-0.4, -0.2) is 35.5 Å².